The molecule has 1 fully saturated rings. The van der Waals surface area contributed by atoms with Crippen molar-refractivity contribution < 1.29 is 18.0 Å². The molecule has 0 bridgehead atoms. The van der Waals surface area contributed by atoms with Gasteiger partial charge in [-0.15, -0.1) is 0 Å². The minimum Gasteiger partial charge on any atom is -0.364 e. The Morgan fingerprint density at radius 2 is 1.85 bits per heavy atom. The average molecular weight is 553 g/mol. The number of hydrogen-bond acceptors (Lipinski definition) is 5. The predicted octanol–water partition coefficient (Wildman–Crippen LogP) is 4.28. The molecule has 3 aliphatic heterocycles. The molecule has 2 aromatic carbocycles. The third-order valence-electron chi connectivity index (χ3n) is 8.37. The molecule has 10 heteroatoms. The number of likely N-dealkylation sites (N-methyl/N-ethyl adjacent to an activating group) is 1. The molecule has 7 nitrogen and oxygen atoms in total. The van der Waals surface area contributed by atoms with Crippen LogP contribution in [0.2, 0.25) is 0 Å². The van der Waals surface area contributed by atoms with E-state index in [9.17, 15) is 18.0 Å². The Hall–Kier alpha value is -3.37. The van der Waals surface area contributed by atoms with Gasteiger partial charge in [-0.3, -0.25) is 14.7 Å². The molecule has 3 aliphatic rings. The summed E-state index contributed by atoms with van der Waals surface area (Å²) in [6, 6.07) is 11.7. The number of carbonyl (C=O) groups is 1. The number of nitrogens with one attached hydrogen (secondary N) is 2. The number of piperidine rings is 1. The highest BCUT2D eigenvalue weighted by Crippen LogP contribution is 2.31. The number of nitrogens with zero attached hydrogens (tertiary/aromatic N) is 4. The van der Waals surface area contributed by atoms with E-state index in [0.29, 0.717) is 24.7 Å². The van der Waals surface area contributed by atoms with Gasteiger partial charge in [-0.2, -0.15) is 13.2 Å². The van der Waals surface area contributed by atoms with Crippen LogP contribution in [0.25, 0.3) is 10.9 Å². The minimum absolute atomic E-state index is 0.0465. The van der Waals surface area contributed by atoms with E-state index < -0.39 is 11.7 Å². The predicted molar refractivity (Wildman–Crippen MR) is 149 cm³/mol. The normalized spacial score (nSPS) is 20.8. The Bertz CT molecular complexity index is 1390. The van der Waals surface area contributed by atoms with E-state index in [4.69, 9.17) is 0 Å². The summed E-state index contributed by atoms with van der Waals surface area (Å²) in [5.74, 6) is -0.0465. The third-order valence-corrected chi connectivity index (χ3v) is 8.37. The zero-order valence-corrected chi connectivity index (χ0v) is 22.7. The number of halogens is 3. The van der Waals surface area contributed by atoms with Gasteiger partial charge in [0.15, 0.2) is 0 Å². The second-order valence-electron chi connectivity index (χ2n) is 11.4. The fourth-order valence-electron chi connectivity index (χ4n) is 6.17. The number of alkyl halides is 3. The number of hydrogen-bond donors (Lipinski definition) is 2. The lowest BCUT2D eigenvalue weighted by atomic mass is 10.0. The Balaban J connectivity index is 1.07. The van der Waals surface area contributed by atoms with Crippen molar-refractivity contribution in [1.82, 2.24) is 25.0 Å². The molecule has 0 saturated carbocycles. The molecule has 0 radical (unpaired) electrons. The number of H-pyrrole nitrogens is 1. The summed E-state index contributed by atoms with van der Waals surface area (Å²) in [5.41, 5.74) is 4.21. The first-order valence-corrected chi connectivity index (χ1v) is 14.0. The largest absolute Gasteiger partial charge is 0.416 e. The Morgan fingerprint density at radius 1 is 1.07 bits per heavy atom. The van der Waals surface area contributed by atoms with E-state index in [2.05, 4.69) is 30.0 Å². The highest BCUT2D eigenvalue weighted by Gasteiger charge is 2.30. The summed E-state index contributed by atoms with van der Waals surface area (Å²) in [6.07, 6.45) is 0.267. The maximum Gasteiger partial charge on any atom is 0.416 e. The van der Waals surface area contributed by atoms with Crippen molar-refractivity contribution in [2.75, 3.05) is 39.8 Å². The smallest absolute Gasteiger partial charge is 0.364 e. The Labute approximate surface area is 232 Å². The number of rotatable bonds is 6. The Kier molecular flexibility index (Phi) is 7.31. The van der Waals surface area contributed by atoms with Crippen molar-refractivity contribution in [3.63, 3.8) is 0 Å². The SMILES string of the molecule is CN1C=NC(CN2CCC(NC(=O)c3ccc4[nH]c5c(c4c3)CN(Cc3ccc(C(F)(F)F)cc3)CC5)CC2)C1. The minimum atomic E-state index is -4.33. The number of fused-ring (bicyclic) bond motifs is 3. The van der Waals surface area contributed by atoms with E-state index in [1.807, 2.05) is 31.6 Å². The molecule has 1 aromatic heterocycles. The van der Waals surface area contributed by atoms with Crippen molar-refractivity contribution in [3.8, 4) is 0 Å². The lowest BCUT2D eigenvalue weighted by Crippen LogP contribution is -2.46. The van der Waals surface area contributed by atoms with Crippen LogP contribution in [0.5, 0.6) is 0 Å². The van der Waals surface area contributed by atoms with Gasteiger partial charge < -0.3 is 20.1 Å². The molecule has 0 spiro atoms. The molecule has 1 atom stereocenters. The zero-order chi connectivity index (χ0) is 27.9. The summed E-state index contributed by atoms with van der Waals surface area (Å²) in [5, 5.41) is 4.28. The molecule has 2 N–H and O–H groups in total. The molecule has 0 aliphatic carbocycles. The number of aromatic nitrogens is 1. The maximum atomic E-state index is 13.2. The topological polar surface area (TPSA) is 67.0 Å². The number of carbonyl (C=O) groups excluding carboxylic acids is 1. The molecular weight excluding hydrogens is 517 g/mol. The lowest BCUT2D eigenvalue weighted by Gasteiger charge is -2.33. The van der Waals surface area contributed by atoms with E-state index >= 15 is 0 Å². The summed E-state index contributed by atoms with van der Waals surface area (Å²) < 4.78 is 38.8. The number of aliphatic imine (C=N–C) groups is 1. The number of aromatic amines is 1. The van der Waals surface area contributed by atoms with Crippen molar-refractivity contribution in [2.24, 2.45) is 4.99 Å². The molecule has 1 saturated heterocycles. The maximum absolute atomic E-state index is 13.2. The van der Waals surface area contributed by atoms with Crippen LogP contribution < -0.4 is 5.32 Å². The van der Waals surface area contributed by atoms with Gasteiger partial charge in [-0.05, 0) is 54.3 Å². The summed E-state index contributed by atoms with van der Waals surface area (Å²) in [4.78, 5) is 28.1. The first kappa shape index (κ1) is 26.8. The van der Waals surface area contributed by atoms with Crippen molar-refractivity contribution >= 4 is 23.1 Å². The van der Waals surface area contributed by atoms with Crippen LogP contribution in [-0.2, 0) is 25.7 Å². The highest BCUT2D eigenvalue weighted by atomic mass is 19.4. The van der Waals surface area contributed by atoms with Gasteiger partial charge in [0, 0.05) is 87.5 Å². The van der Waals surface area contributed by atoms with Crippen LogP contribution >= 0.6 is 0 Å². The van der Waals surface area contributed by atoms with Crippen LogP contribution in [0.15, 0.2) is 47.5 Å². The standard InChI is InChI=1S/C30H35F3N6O/c1-37-16-24(34-19-37)17-38-11-8-23(9-12-38)35-29(40)21-4-7-27-25(14-21)26-18-39(13-10-28(26)36-27)15-20-2-5-22(6-3-20)30(31,32)33/h2-7,14,19,23-24,36H,8-13,15-18H2,1H3,(H,35,40). The summed E-state index contributed by atoms with van der Waals surface area (Å²) in [7, 11) is 2.05. The fraction of sp³-hybridized carbons (Fsp3) is 0.467. The van der Waals surface area contributed by atoms with Crippen LogP contribution in [0, 0.1) is 0 Å². The lowest BCUT2D eigenvalue weighted by molar-refractivity contribution is -0.137. The van der Waals surface area contributed by atoms with Gasteiger partial charge in [0.1, 0.15) is 0 Å². The summed E-state index contributed by atoms with van der Waals surface area (Å²) >= 11 is 0. The molecule has 212 valence electrons. The second-order valence-corrected chi connectivity index (χ2v) is 11.4. The van der Waals surface area contributed by atoms with Crippen molar-refractivity contribution in [2.45, 2.75) is 50.6 Å². The summed E-state index contributed by atoms with van der Waals surface area (Å²) in [6.45, 7) is 5.92. The first-order chi connectivity index (χ1) is 19.2. The van der Waals surface area contributed by atoms with Crippen LogP contribution in [0.4, 0.5) is 13.2 Å². The van der Waals surface area contributed by atoms with Gasteiger partial charge >= 0.3 is 6.18 Å². The van der Waals surface area contributed by atoms with E-state index in [0.717, 1.165) is 86.1 Å². The molecule has 3 aromatic rings. The highest BCUT2D eigenvalue weighted by molar-refractivity contribution is 5.99. The second kappa shape index (κ2) is 10.9. The molecule has 1 amide bonds. The average Bonchev–Trinajstić information content (AvgIpc) is 3.51. The number of likely N-dealkylation sites (tertiary alicyclic amines) is 1. The van der Waals surface area contributed by atoms with Crippen LogP contribution in [-0.4, -0.2) is 83.8 Å². The number of benzene rings is 2. The van der Waals surface area contributed by atoms with Crippen molar-refractivity contribution in [1.29, 1.82) is 0 Å². The van der Waals surface area contributed by atoms with Crippen LogP contribution in [0.1, 0.15) is 45.6 Å². The van der Waals surface area contributed by atoms with Gasteiger partial charge in [-0.1, -0.05) is 12.1 Å². The van der Waals surface area contributed by atoms with Crippen LogP contribution in [0.3, 0.4) is 0 Å². The van der Waals surface area contributed by atoms with Gasteiger partial charge in [0.25, 0.3) is 5.91 Å². The van der Waals surface area contributed by atoms with Gasteiger partial charge in [0.05, 0.1) is 17.9 Å². The zero-order valence-electron chi connectivity index (χ0n) is 22.7. The molecular formula is C30H35F3N6O. The monoisotopic (exact) mass is 552 g/mol. The first-order valence-electron chi connectivity index (χ1n) is 14.0. The Morgan fingerprint density at radius 3 is 2.55 bits per heavy atom. The van der Waals surface area contributed by atoms with Gasteiger partial charge in [0.2, 0.25) is 0 Å². The van der Waals surface area contributed by atoms with Crippen molar-refractivity contribution in [3.05, 3.63) is 70.4 Å². The quantitative estimate of drug-likeness (QED) is 0.479. The van der Waals surface area contributed by atoms with E-state index in [1.165, 1.54) is 5.69 Å². The third kappa shape index (κ3) is 5.88. The number of amides is 1. The molecule has 6 rings (SSSR count). The fourth-order valence-corrected chi connectivity index (χ4v) is 6.17. The molecule has 40 heavy (non-hydrogen) atoms. The van der Waals surface area contributed by atoms with Gasteiger partial charge in [-0.25, -0.2) is 0 Å². The van der Waals surface area contributed by atoms with E-state index in [1.54, 1.807) is 12.1 Å². The van der Waals surface area contributed by atoms with E-state index in [-0.39, 0.29) is 11.9 Å². The molecule has 1 unspecified atom stereocenters. The molecule has 4 heterocycles.